The third-order valence-electron chi connectivity index (χ3n) is 1.67. The van der Waals surface area contributed by atoms with Crippen LogP contribution in [-0.2, 0) is 9.53 Å². The first-order valence-corrected chi connectivity index (χ1v) is 4.80. The van der Waals surface area contributed by atoms with E-state index in [2.05, 4.69) is 0 Å². The zero-order chi connectivity index (χ0) is 12.2. The zero-order valence-electron chi connectivity index (χ0n) is 9.90. The first-order chi connectivity index (χ1) is 6.63. The molecule has 1 amide bonds. The Bertz CT molecular complexity index is 244. The van der Waals surface area contributed by atoms with Crippen LogP contribution < -0.4 is 0 Å². The first-order valence-electron chi connectivity index (χ1n) is 4.80. The molecule has 0 rings (SSSR count). The van der Waals surface area contributed by atoms with Gasteiger partial charge < -0.3 is 14.7 Å². The molecule has 1 N–H and O–H groups in total. The molecule has 0 aliphatic carbocycles. The van der Waals surface area contributed by atoms with Crippen LogP contribution in [0.5, 0.6) is 0 Å². The SMILES string of the molecule is C[C@H](CN(C)C(=O)OC(C)(C)C)C(=O)O. The second-order valence-electron chi connectivity index (χ2n) is 4.60. The molecule has 0 aliphatic heterocycles. The van der Waals surface area contributed by atoms with Crippen molar-refractivity contribution in [3.05, 3.63) is 0 Å². The number of carbonyl (C=O) groups excluding carboxylic acids is 1. The molecule has 0 fully saturated rings. The lowest BCUT2D eigenvalue weighted by Gasteiger charge is -2.25. The van der Waals surface area contributed by atoms with Crippen LogP contribution in [0.2, 0.25) is 0 Å². The summed E-state index contributed by atoms with van der Waals surface area (Å²) in [6, 6.07) is 0. The molecule has 1 atom stereocenters. The van der Waals surface area contributed by atoms with Gasteiger partial charge in [0.15, 0.2) is 0 Å². The highest BCUT2D eigenvalue weighted by Gasteiger charge is 2.22. The van der Waals surface area contributed by atoms with Crippen LogP contribution >= 0.6 is 0 Å². The largest absolute Gasteiger partial charge is 0.481 e. The second kappa shape index (κ2) is 5.00. The highest BCUT2D eigenvalue weighted by atomic mass is 16.6. The molecule has 0 aromatic heterocycles. The number of ether oxygens (including phenoxy) is 1. The average Bonchev–Trinajstić information content (AvgIpc) is 2.00. The number of aliphatic carboxylic acids is 1. The highest BCUT2D eigenvalue weighted by Crippen LogP contribution is 2.10. The van der Waals surface area contributed by atoms with Gasteiger partial charge in [-0.05, 0) is 20.8 Å². The number of carboxylic acids is 1. The molecule has 0 aromatic carbocycles. The Labute approximate surface area is 90.0 Å². The van der Waals surface area contributed by atoms with Gasteiger partial charge in [-0.1, -0.05) is 6.92 Å². The predicted octanol–water partition coefficient (Wildman–Crippen LogP) is 1.57. The van der Waals surface area contributed by atoms with E-state index in [1.807, 2.05) is 0 Å². The molecule has 0 heterocycles. The zero-order valence-corrected chi connectivity index (χ0v) is 9.90. The monoisotopic (exact) mass is 217 g/mol. The van der Waals surface area contributed by atoms with Gasteiger partial charge in [-0.25, -0.2) is 4.79 Å². The van der Waals surface area contributed by atoms with Crippen molar-refractivity contribution in [1.29, 1.82) is 0 Å². The van der Waals surface area contributed by atoms with Gasteiger partial charge in [0.1, 0.15) is 5.60 Å². The third kappa shape index (κ3) is 5.93. The van der Waals surface area contributed by atoms with Gasteiger partial charge >= 0.3 is 12.1 Å². The number of hydrogen-bond donors (Lipinski definition) is 1. The molecular weight excluding hydrogens is 198 g/mol. The Hall–Kier alpha value is -1.26. The molecule has 5 heteroatoms. The van der Waals surface area contributed by atoms with E-state index in [4.69, 9.17) is 9.84 Å². The van der Waals surface area contributed by atoms with E-state index >= 15 is 0 Å². The summed E-state index contributed by atoms with van der Waals surface area (Å²) in [6.45, 7) is 6.98. The molecule has 0 bridgehead atoms. The van der Waals surface area contributed by atoms with Crippen LogP contribution in [0.1, 0.15) is 27.7 Å². The van der Waals surface area contributed by atoms with Crippen LogP contribution in [0.3, 0.4) is 0 Å². The fourth-order valence-electron chi connectivity index (χ4n) is 0.903. The van der Waals surface area contributed by atoms with Crippen molar-refractivity contribution in [1.82, 2.24) is 4.90 Å². The van der Waals surface area contributed by atoms with Crippen LogP contribution in [0.25, 0.3) is 0 Å². The van der Waals surface area contributed by atoms with Crippen molar-refractivity contribution in [3.63, 3.8) is 0 Å². The molecule has 0 unspecified atom stereocenters. The predicted molar refractivity (Wildman–Crippen MR) is 55.7 cm³/mol. The van der Waals surface area contributed by atoms with Gasteiger partial charge in [0.25, 0.3) is 0 Å². The molecule has 0 aromatic rings. The molecule has 5 nitrogen and oxygen atoms in total. The maximum absolute atomic E-state index is 11.4. The Morgan fingerprint density at radius 3 is 2.20 bits per heavy atom. The molecule has 0 saturated carbocycles. The molecule has 88 valence electrons. The van der Waals surface area contributed by atoms with Crippen molar-refractivity contribution in [2.75, 3.05) is 13.6 Å². The Kier molecular flexibility index (Phi) is 4.58. The lowest BCUT2D eigenvalue weighted by Crippen LogP contribution is -2.37. The summed E-state index contributed by atoms with van der Waals surface area (Å²) < 4.78 is 5.07. The van der Waals surface area contributed by atoms with Gasteiger partial charge in [0.05, 0.1) is 5.92 Å². The summed E-state index contributed by atoms with van der Waals surface area (Å²) in [7, 11) is 1.52. The van der Waals surface area contributed by atoms with Gasteiger partial charge in [-0.15, -0.1) is 0 Å². The fourth-order valence-corrected chi connectivity index (χ4v) is 0.903. The van der Waals surface area contributed by atoms with Crippen LogP contribution in [0.15, 0.2) is 0 Å². The summed E-state index contributed by atoms with van der Waals surface area (Å²) in [5.41, 5.74) is -0.558. The van der Waals surface area contributed by atoms with Gasteiger partial charge in [-0.2, -0.15) is 0 Å². The van der Waals surface area contributed by atoms with Gasteiger partial charge in [0.2, 0.25) is 0 Å². The maximum Gasteiger partial charge on any atom is 0.410 e. The minimum absolute atomic E-state index is 0.143. The van der Waals surface area contributed by atoms with Gasteiger partial charge in [0, 0.05) is 13.6 Å². The summed E-state index contributed by atoms with van der Waals surface area (Å²) in [6.07, 6.45) is -0.504. The van der Waals surface area contributed by atoms with Crippen molar-refractivity contribution in [3.8, 4) is 0 Å². The summed E-state index contributed by atoms with van der Waals surface area (Å²) in [5.74, 6) is -1.52. The topological polar surface area (TPSA) is 66.8 Å². The normalized spacial score (nSPS) is 13.1. The van der Waals surface area contributed by atoms with E-state index < -0.39 is 23.6 Å². The van der Waals surface area contributed by atoms with E-state index in [9.17, 15) is 9.59 Å². The minimum atomic E-state index is -0.926. The summed E-state index contributed by atoms with van der Waals surface area (Å²) >= 11 is 0. The summed E-state index contributed by atoms with van der Waals surface area (Å²) in [5, 5.41) is 8.67. The molecule has 0 aliphatic rings. The Morgan fingerprint density at radius 2 is 1.87 bits per heavy atom. The third-order valence-corrected chi connectivity index (χ3v) is 1.67. The Morgan fingerprint density at radius 1 is 1.40 bits per heavy atom. The summed E-state index contributed by atoms with van der Waals surface area (Å²) in [4.78, 5) is 23.3. The van der Waals surface area contributed by atoms with Crippen molar-refractivity contribution < 1.29 is 19.4 Å². The molecule has 0 spiro atoms. The van der Waals surface area contributed by atoms with Gasteiger partial charge in [-0.3, -0.25) is 4.79 Å². The van der Waals surface area contributed by atoms with Crippen LogP contribution in [-0.4, -0.2) is 41.3 Å². The van der Waals surface area contributed by atoms with Crippen LogP contribution in [0.4, 0.5) is 4.79 Å². The smallest absolute Gasteiger partial charge is 0.410 e. The highest BCUT2D eigenvalue weighted by molar-refractivity contribution is 5.72. The Balaban J connectivity index is 4.17. The quantitative estimate of drug-likeness (QED) is 0.779. The fraction of sp³-hybridized carbons (Fsp3) is 0.800. The van der Waals surface area contributed by atoms with E-state index in [1.165, 1.54) is 11.9 Å². The number of amides is 1. The average molecular weight is 217 g/mol. The van der Waals surface area contributed by atoms with E-state index in [0.29, 0.717) is 0 Å². The second-order valence-corrected chi connectivity index (χ2v) is 4.60. The molecule has 15 heavy (non-hydrogen) atoms. The van der Waals surface area contributed by atoms with Crippen LogP contribution in [0, 0.1) is 5.92 Å². The lowest BCUT2D eigenvalue weighted by atomic mass is 10.2. The van der Waals surface area contributed by atoms with Crippen molar-refractivity contribution in [2.45, 2.75) is 33.3 Å². The minimum Gasteiger partial charge on any atom is -0.481 e. The number of nitrogens with zero attached hydrogens (tertiary/aromatic N) is 1. The number of hydrogen-bond acceptors (Lipinski definition) is 3. The standard InChI is InChI=1S/C10H19NO4/c1-7(8(12)13)6-11(5)9(14)15-10(2,3)4/h7H,6H2,1-5H3,(H,12,13)/t7-/m1/s1. The molecule has 0 saturated heterocycles. The van der Waals surface area contributed by atoms with E-state index in [-0.39, 0.29) is 6.54 Å². The molecular formula is C10H19NO4. The number of rotatable bonds is 3. The maximum atomic E-state index is 11.4. The van der Waals surface area contributed by atoms with Crippen molar-refractivity contribution >= 4 is 12.1 Å². The van der Waals surface area contributed by atoms with E-state index in [0.717, 1.165) is 0 Å². The first kappa shape index (κ1) is 13.7. The number of carbonyl (C=O) groups is 2. The van der Waals surface area contributed by atoms with E-state index in [1.54, 1.807) is 27.7 Å². The van der Waals surface area contributed by atoms with Crippen molar-refractivity contribution in [2.24, 2.45) is 5.92 Å². The lowest BCUT2D eigenvalue weighted by molar-refractivity contribution is -0.141. The number of carboxylic acid groups (broad SMARTS) is 1. The molecule has 0 radical (unpaired) electrons.